The van der Waals surface area contributed by atoms with Crippen LogP contribution in [0.4, 0.5) is 0 Å². The first-order valence-corrected chi connectivity index (χ1v) is 8.55. The molecule has 4 nitrogen and oxygen atoms in total. The number of fused-ring (bicyclic) bond motifs is 1. The molecule has 0 amide bonds. The molecule has 3 rings (SSSR count). The molecule has 0 atom stereocenters. The summed E-state index contributed by atoms with van der Waals surface area (Å²) in [6.07, 6.45) is 1.72. The van der Waals surface area contributed by atoms with Crippen molar-refractivity contribution in [2.75, 3.05) is 13.2 Å². The molecule has 1 aliphatic heterocycles. The minimum Gasteiger partial charge on any atom is -0.490 e. The van der Waals surface area contributed by atoms with Gasteiger partial charge in [-0.3, -0.25) is 4.79 Å². The molecular formula is C19H17BrO4. The number of carbonyl (C=O) groups is 1. The van der Waals surface area contributed by atoms with Gasteiger partial charge >= 0.3 is 0 Å². The number of halogens is 1. The Morgan fingerprint density at radius 3 is 2.54 bits per heavy atom. The molecule has 2 aromatic rings. The first-order chi connectivity index (χ1) is 11.6. The summed E-state index contributed by atoms with van der Waals surface area (Å²) in [5.74, 6) is 2.09. The van der Waals surface area contributed by atoms with Gasteiger partial charge in [-0.05, 0) is 55.8 Å². The van der Waals surface area contributed by atoms with E-state index in [0.717, 1.165) is 10.0 Å². The predicted octanol–water partition coefficient (Wildman–Crippen LogP) is 4.86. The number of hydrogen-bond acceptors (Lipinski definition) is 4. The number of hydrogen-bond donors (Lipinski definition) is 0. The Morgan fingerprint density at radius 2 is 1.79 bits per heavy atom. The zero-order valence-electron chi connectivity index (χ0n) is 13.5. The zero-order chi connectivity index (χ0) is 17.1. The highest BCUT2D eigenvalue weighted by Crippen LogP contribution is 2.35. The fourth-order valence-electron chi connectivity index (χ4n) is 2.47. The predicted molar refractivity (Wildman–Crippen MR) is 95.9 cm³/mol. The standard InChI is InChI=1S/C19H17BrO4/c1-3-22-16-7-5-12(9-17(16)23-4-2)10-18-19(21)14-11-13(20)6-8-15(14)24-18/h5-11H,3-4H2,1-2H3/b18-10-. The van der Waals surface area contributed by atoms with Crippen molar-refractivity contribution in [3.63, 3.8) is 0 Å². The summed E-state index contributed by atoms with van der Waals surface area (Å²) in [6.45, 7) is 4.94. The van der Waals surface area contributed by atoms with E-state index >= 15 is 0 Å². The molecular weight excluding hydrogens is 372 g/mol. The number of rotatable bonds is 5. The lowest BCUT2D eigenvalue weighted by Crippen LogP contribution is -2.00. The second kappa shape index (κ2) is 7.09. The quantitative estimate of drug-likeness (QED) is 0.685. The average molecular weight is 389 g/mol. The molecule has 0 N–H and O–H groups in total. The molecule has 0 saturated carbocycles. The molecule has 0 aromatic heterocycles. The molecule has 0 saturated heterocycles. The van der Waals surface area contributed by atoms with E-state index in [1.807, 2.05) is 38.1 Å². The molecule has 2 aromatic carbocycles. The van der Waals surface area contributed by atoms with Crippen LogP contribution < -0.4 is 14.2 Å². The second-order valence-corrected chi connectivity index (χ2v) is 6.07. The van der Waals surface area contributed by atoms with E-state index < -0.39 is 0 Å². The van der Waals surface area contributed by atoms with Gasteiger partial charge in [-0.2, -0.15) is 0 Å². The molecule has 1 heterocycles. The van der Waals surface area contributed by atoms with E-state index in [1.54, 1.807) is 18.2 Å². The number of Topliss-reactive ketones (excluding diaryl/α,β-unsaturated/α-hetero) is 1. The Hall–Kier alpha value is -2.27. The highest BCUT2D eigenvalue weighted by atomic mass is 79.9. The summed E-state index contributed by atoms with van der Waals surface area (Å²) >= 11 is 3.37. The molecule has 0 bridgehead atoms. The fourth-order valence-corrected chi connectivity index (χ4v) is 2.83. The van der Waals surface area contributed by atoms with E-state index in [0.29, 0.717) is 41.8 Å². The zero-order valence-corrected chi connectivity index (χ0v) is 15.1. The Kier molecular flexibility index (Phi) is 4.90. The van der Waals surface area contributed by atoms with Gasteiger partial charge in [0.25, 0.3) is 0 Å². The van der Waals surface area contributed by atoms with E-state index in [9.17, 15) is 4.79 Å². The van der Waals surface area contributed by atoms with Gasteiger partial charge in [0.15, 0.2) is 17.3 Å². The summed E-state index contributed by atoms with van der Waals surface area (Å²) in [5, 5.41) is 0. The number of carbonyl (C=O) groups excluding carboxylic acids is 1. The van der Waals surface area contributed by atoms with Crippen LogP contribution in [0, 0.1) is 0 Å². The summed E-state index contributed by atoms with van der Waals surface area (Å²) in [7, 11) is 0. The fraction of sp³-hybridized carbons (Fsp3) is 0.211. The van der Waals surface area contributed by atoms with Gasteiger partial charge in [0, 0.05) is 4.47 Å². The first-order valence-electron chi connectivity index (χ1n) is 7.75. The van der Waals surface area contributed by atoms with Crippen molar-refractivity contribution in [1.82, 2.24) is 0 Å². The van der Waals surface area contributed by atoms with Gasteiger partial charge in [0.1, 0.15) is 5.75 Å². The highest BCUT2D eigenvalue weighted by Gasteiger charge is 2.27. The van der Waals surface area contributed by atoms with Gasteiger partial charge < -0.3 is 14.2 Å². The van der Waals surface area contributed by atoms with Crippen molar-refractivity contribution >= 4 is 27.8 Å². The monoisotopic (exact) mass is 388 g/mol. The van der Waals surface area contributed by atoms with Crippen LogP contribution in [0.1, 0.15) is 29.8 Å². The van der Waals surface area contributed by atoms with Crippen molar-refractivity contribution in [2.24, 2.45) is 0 Å². The lowest BCUT2D eigenvalue weighted by atomic mass is 10.1. The highest BCUT2D eigenvalue weighted by molar-refractivity contribution is 9.10. The number of allylic oxidation sites excluding steroid dienone is 1. The van der Waals surface area contributed by atoms with Crippen LogP contribution in [-0.2, 0) is 0 Å². The molecule has 0 fully saturated rings. The minimum atomic E-state index is -0.127. The van der Waals surface area contributed by atoms with E-state index in [-0.39, 0.29) is 5.78 Å². The Labute approximate surface area is 149 Å². The third-order valence-electron chi connectivity index (χ3n) is 3.50. The number of ether oxygens (including phenoxy) is 3. The van der Waals surface area contributed by atoms with Crippen molar-refractivity contribution in [3.05, 3.63) is 57.8 Å². The number of benzene rings is 2. The smallest absolute Gasteiger partial charge is 0.232 e. The van der Waals surface area contributed by atoms with Gasteiger partial charge in [0.2, 0.25) is 5.78 Å². The third-order valence-corrected chi connectivity index (χ3v) is 3.99. The average Bonchev–Trinajstić information content (AvgIpc) is 2.86. The van der Waals surface area contributed by atoms with Crippen LogP contribution in [0.15, 0.2) is 46.6 Å². The van der Waals surface area contributed by atoms with E-state index in [2.05, 4.69) is 15.9 Å². The third kappa shape index (κ3) is 3.31. The SMILES string of the molecule is CCOc1ccc(/C=C2\Oc3ccc(Br)cc3C2=O)cc1OCC. The number of ketones is 1. The Morgan fingerprint density at radius 1 is 1.04 bits per heavy atom. The topological polar surface area (TPSA) is 44.8 Å². The lowest BCUT2D eigenvalue weighted by Gasteiger charge is -2.11. The van der Waals surface area contributed by atoms with Gasteiger partial charge in [-0.15, -0.1) is 0 Å². The Balaban J connectivity index is 1.92. The van der Waals surface area contributed by atoms with Crippen molar-refractivity contribution in [1.29, 1.82) is 0 Å². The van der Waals surface area contributed by atoms with Gasteiger partial charge in [-0.1, -0.05) is 22.0 Å². The minimum absolute atomic E-state index is 0.127. The molecule has 0 aliphatic carbocycles. The van der Waals surface area contributed by atoms with E-state index in [4.69, 9.17) is 14.2 Å². The maximum Gasteiger partial charge on any atom is 0.232 e. The first kappa shape index (κ1) is 16.6. The van der Waals surface area contributed by atoms with Gasteiger partial charge in [0.05, 0.1) is 18.8 Å². The van der Waals surface area contributed by atoms with Gasteiger partial charge in [-0.25, -0.2) is 0 Å². The molecule has 5 heteroatoms. The molecule has 1 aliphatic rings. The van der Waals surface area contributed by atoms with E-state index in [1.165, 1.54) is 0 Å². The maximum atomic E-state index is 12.5. The normalized spacial score (nSPS) is 14.5. The molecule has 24 heavy (non-hydrogen) atoms. The molecule has 124 valence electrons. The lowest BCUT2D eigenvalue weighted by molar-refractivity contribution is 0.101. The van der Waals surface area contributed by atoms with Crippen LogP contribution >= 0.6 is 15.9 Å². The van der Waals surface area contributed by atoms with Crippen LogP contribution in [0.3, 0.4) is 0 Å². The largest absolute Gasteiger partial charge is 0.490 e. The van der Waals surface area contributed by atoms with Crippen molar-refractivity contribution in [3.8, 4) is 17.2 Å². The summed E-state index contributed by atoms with van der Waals surface area (Å²) in [5.41, 5.74) is 1.38. The van der Waals surface area contributed by atoms with Crippen LogP contribution in [-0.4, -0.2) is 19.0 Å². The van der Waals surface area contributed by atoms with Crippen molar-refractivity contribution in [2.45, 2.75) is 13.8 Å². The molecule has 0 radical (unpaired) electrons. The Bertz CT molecular complexity index is 811. The van der Waals surface area contributed by atoms with Crippen LogP contribution in [0.5, 0.6) is 17.2 Å². The molecule has 0 spiro atoms. The second-order valence-electron chi connectivity index (χ2n) is 5.15. The maximum absolute atomic E-state index is 12.5. The van der Waals surface area contributed by atoms with Crippen LogP contribution in [0.25, 0.3) is 6.08 Å². The molecule has 0 unspecified atom stereocenters. The van der Waals surface area contributed by atoms with Crippen LogP contribution in [0.2, 0.25) is 0 Å². The summed E-state index contributed by atoms with van der Waals surface area (Å²) < 4.78 is 17.7. The summed E-state index contributed by atoms with van der Waals surface area (Å²) in [4.78, 5) is 12.5. The van der Waals surface area contributed by atoms with Crippen molar-refractivity contribution < 1.29 is 19.0 Å². The summed E-state index contributed by atoms with van der Waals surface area (Å²) in [6, 6.07) is 10.9.